The summed E-state index contributed by atoms with van der Waals surface area (Å²) in [6, 6.07) is 5.38. The quantitative estimate of drug-likeness (QED) is 0.661. The third kappa shape index (κ3) is 2.84. The number of nitrogens with zero attached hydrogens (tertiary/aromatic N) is 2. The number of aromatic nitrogens is 2. The molecule has 0 fully saturated rings. The van der Waals surface area contributed by atoms with Gasteiger partial charge in [-0.3, -0.25) is 10.8 Å². The lowest BCUT2D eigenvalue weighted by Gasteiger charge is -2.18. The van der Waals surface area contributed by atoms with E-state index < -0.39 is 0 Å². The van der Waals surface area contributed by atoms with Crippen LogP contribution >= 0.6 is 11.6 Å². The molecule has 0 radical (unpaired) electrons. The van der Waals surface area contributed by atoms with Gasteiger partial charge in [-0.15, -0.1) is 0 Å². The minimum absolute atomic E-state index is 0.378. The maximum Gasteiger partial charge on any atom is 0.237 e. The highest BCUT2D eigenvalue weighted by molar-refractivity contribution is 6.31. The molecule has 1 heterocycles. The number of methoxy groups -OCH3 is 1. The van der Waals surface area contributed by atoms with Crippen LogP contribution in [0, 0.1) is 6.92 Å². The Bertz CT molecular complexity index is 576. The van der Waals surface area contributed by atoms with E-state index in [1.807, 2.05) is 25.1 Å². The van der Waals surface area contributed by atoms with Crippen LogP contribution in [0.15, 0.2) is 30.6 Å². The Labute approximate surface area is 116 Å². The molecule has 0 amide bonds. The van der Waals surface area contributed by atoms with Crippen LogP contribution in [0.25, 0.3) is 0 Å². The van der Waals surface area contributed by atoms with E-state index in [-0.39, 0.29) is 6.04 Å². The summed E-state index contributed by atoms with van der Waals surface area (Å²) >= 11 is 6.26. The second kappa shape index (κ2) is 5.97. The van der Waals surface area contributed by atoms with Gasteiger partial charge in [-0.25, -0.2) is 10.4 Å². The number of benzene rings is 1. The van der Waals surface area contributed by atoms with E-state index in [2.05, 4.69) is 15.4 Å². The van der Waals surface area contributed by atoms with Crippen molar-refractivity contribution in [2.45, 2.75) is 13.0 Å². The van der Waals surface area contributed by atoms with Gasteiger partial charge in [0.05, 0.1) is 13.2 Å². The molecule has 0 saturated carbocycles. The highest BCUT2D eigenvalue weighted by atomic mass is 35.5. The van der Waals surface area contributed by atoms with E-state index in [1.165, 1.54) is 7.11 Å². The molecule has 1 aromatic heterocycles. The third-order valence-electron chi connectivity index (χ3n) is 2.79. The third-order valence-corrected chi connectivity index (χ3v) is 3.12. The number of nitrogens with one attached hydrogen (secondary N) is 1. The minimum Gasteiger partial charge on any atom is -0.480 e. The molecule has 1 aromatic carbocycles. The molecule has 0 aliphatic carbocycles. The largest absolute Gasteiger partial charge is 0.480 e. The number of rotatable bonds is 4. The van der Waals surface area contributed by atoms with E-state index >= 15 is 0 Å². The predicted octanol–water partition coefficient (Wildman–Crippen LogP) is 2.00. The molecule has 1 unspecified atom stereocenters. The molecule has 2 aromatic rings. The first kappa shape index (κ1) is 13.7. The van der Waals surface area contributed by atoms with Gasteiger partial charge in [-0.2, -0.15) is 0 Å². The van der Waals surface area contributed by atoms with Crippen molar-refractivity contribution < 1.29 is 4.74 Å². The summed E-state index contributed by atoms with van der Waals surface area (Å²) in [6.07, 6.45) is 3.15. The molecule has 19 heavy (non-hydrogen) atoms. The Balaban J connectivity index is 2.50. The average molecular weight is 279 g/mol. The van der Waals surface area contributed by atoms with Crippen LogP contribution in [0.3, 0.4) is 0 Å². The predicted molar refractivity (Wildman–Crippen MR) is 73.9 cm³/mol. The zero-order chi connectivity index (χ0) is 13.8. The second-order valence-corrected chi connectivity index (χ2v) is 4.48. The van der Waals surface area contributed by atoms with Crippen LogP contribution in [0.5, 0.6) is 5.88 Å². The number of aryl methyl sites for hydroxylation is 1. The number of ether oxygens (including phenoxy) is 1. The summed E-state index contributed by atoms with van der Waals surface area (Å²) in [6.45, 7) is 1.98. The molecule has 100 valence electrons. The smallest absolute Gasteiger partial charge is 0.237 e. The van der Waals surface area contributed by atoms with Crippen molar-refractivity contribution in [3.05, 3.63) is 52.4 Å². The first-order chi connectivity index (χ1) is 9.17. The summed E-state index contributed by atoms with van der Waals surface area (Å²) in [7, 11) is 1.54. The summed E-state index contributed by atoms with van der Waals surface area (Å²) < 4.78 is 5.20. The van der Waals surface area contributed by atoms with Crippen LogP contribution < -0.4 is 16.0 Å². The molecule has 0 aliphatic heterocycles. The van der Waals surface area contributed by atoms with Gasteiger partial charge in [0.1, 0.15) is 5.69 Å². The van der Waals surface area contributed by atoms with Gasteiger partial charge in [0.25, 0.3) is 0 Å². The molecule has 3 N–H and O–H groups in total. The van der Waals surface area contributed by atoms with Crippen LogP contribution in [0.2, 0.25) is 5.02 Å². The van der Waals surface area contributed by atoms with Crippen LogP contribution in [0.4, 0.5) is 0 Å². The monoisotopic (exact) mass is 278 g/mol. The van der Waals surface area contributed by atoms with E-state index in [1.54, 1.807) is 12.4 Å². The van der Waals surface area contributed by atoms with E-state index in [0.29, 0.717) is 16.6 Å². The van der Waals surface area contributed by atoms with Gasteiger partial charge in [-0.1, -0.05) is 23.7 Å². The first-order valence-electron chi connectivity index (χ1n) is 5.74. The molecule has 0 aliphatic rings. The van der Waals surface area contributed by atoms with E-state index in [4.69, 9.17) is 22.2 Å². The van der Waals surface area contributed by atoms with Crippen LogP contribution in [-0.2, 0) is 0 Å². The van der Waals surface area contributed by atoms with Gasteiger partial charge in [0.2, 0.25) is 5.88 Å². The number of hydrazine groups is 1. The summed E-state index contributed by atoms with van der Waals surface area (Å²) in [5.74, 6) is 6.05. The topological polar surface area (TPSA) is 73.1 Å². The molecule has 2 rings (SSSR count). The van der Waals surface area contributed by atoms with Crippen molar-refractivity contribution in [2.75, 3.05) is 7.11 Å². The number of hydrogen-bond acceptors (Lipinski definition) is 5. The second-order valence-electron chi connectivity index (χ2n) is 4.08. The molecule has 0 spiro atoms. The number of nitrogens with two attached hydrogens (primary N) is 1. The molecule has 0 saturated heterocycles. The molecular weight excluding hydrogens is 264 g/mol. The van der Waals surface area contributed by atoms with E-state index in [9.17, 15) is 0 Å². The van der Waals surface area contributed by atoms with Crippen LogP contribution in [-0.4, -0.2) is 17.1 Å². The maximum absolute atomic E-state index is 6.26. The molecule has 0 bridgehead atoms. The van der Waals surface area contributed by atoms with Gasteiger partial charge in [0.15, 0.2) is 0 Å². The Morgan fingerprint density at radius 2 is 2.05 bits per heavy atom. The van der Waals surface area contributed by atoms with Crippen molar-refractivity contribution in [3.8, 4) is 5.88 Å². The van der Waals surface area contributed by atoms with Crippen molar-refractivity contribution in [1.29, 1.82) is 0 Å². The Kier molecular flexibility index (Phi) is 4.31. The van der Waals surface area contributed by atoms with Crippen molar-refractivity contribution in [3.63, 3.8) is 0 Å². The zero-order valence-corrected chi connectivity index (χ0v) is 11.5. The highest BCUT2D eigenvalue weighted by Crippen LogP contribution is 2.30. The average Bonchev–Trinajstić information content (AvgIpc) is 2.42. The minimum atomic E-state index is -0.378. The fourth-order valence-electron chi connectivity index (χ4n) is 1.87. The van der Waals surface area contributed by atoms with Crippen molar-refractivity contribution >= 4 is 11.6 Å². The van der Waals surface area contributed by atoms with Gasteiger partial charge in [-0.05, 0) is 24.1 Å². The number of hydrogen-bond donors (Lipinski definition) is 2. The molecular formula is C13H15ClN4O. The van der Waals surface area contributed by atoms with Crippen LogP contribution in [0.1, 0.15) is 22.9 Å². The molecule has 5 nitrogen and oxygen atoms in total. The zero-order valence-electron chi connectivity index (χ0n) is 10.7. The maximum atomic E-state index is 6.26. The lowest BCUT2D eigenvalue weighted by atomic mass is 10.0. The van der Waals surface area contributed by atoms with Gasteiger partial charge >= 0.3 is 0 Å². The van der Waals surface area contributed by atoms with Crippen molar-refractivity contribution in [2.24, 2.45) is 5.84 Å². The summed E-state index contributed by atoms with van der Waals surface area (Å²) in [4.78, 5) is 8.39. The number of halogens is 1. The molecule has 6 heteroatoms. The lowest BCUT2D eigenvalue weighted by molar-refractivity contribution is 0.383. The Hall–Kier alpha value is -1.69. The highest BCUT2D eigenvalue weighted by Gasteiger charge is 2.21. The molecule has 1 atom stereocenters. The van der Waals surface area contributed by atoms with Gasteiger partial charge in [0, 0.05) is 17.4 Å². The normalized spacial score (nSPS) is 12.2. The first-order valence-corrected chi connectivity index (χ1v) is 6.12. The summed E-state index contributed by atoms with van der Waals surface area (Å²) in [5, 5.41) is 0.621. The fourth-order valence-corrected chi connectivity index (χ4v) is 2.22. The van der Waals surface area contributed by atoms with Crippen molar-refractivity contribution in [1.82, 2.24) is 15.4 Å². The Morgan fingerprint density at radius 1 is 1.32 bits per heavy atom. The fraction of sp³-hybridized carbons (Fsp3) is 0.231. The van der Waals surface area contributed by atoms with E-state index in [0.717, 1.165) is 11.1 Å². The Morgan fingerprint density at radius 3 is 2.68 bits per heavy atom. The SMILES string of the molecule is COc1nccnc1C(NN)c1ccc(C)cc1Cl. The van der Waals surface area contributed by atoms with Gasteiger partial charge < -0.3 is 4.74 Å². The lowest BCUT2D eigenvalue weighted by Crippen LogP contribution is -2.30. The summed E-state index contributed by atoms with van der Waals surface area (Å²) in [5.41, 5.74) is 5.20. The standard InChI is InChI=1S/C13H15ClN4O/c1-8-3-4-9(10(14)7-8)11(18-15)12-13(19-2)17-6-5-16-12/h3-7,11,18H,15H2,1-2H3.